The zero-order valence-corrected chi connectivity index (χ0v) is 18.0. The lowest BCUT2D eigenvalue weighted by atomic mass is 10.0. The van der Waals surface area contributed by atoms with Crippen LogP contribution in [0.5, 0.6) is 5.75 Å². The van der Waals surface area contributed by atoms with Gasteiger partial charge in [-0.2, -0.15) is 5.10 Å². The fraction of sp³-hybridized carbons (Fsp3) is 0.160. The van der Waals surface area contributed by atoms with Crippen LogP contribution in [0, 0.1) is 11.6 Å². The van der Waals surface area contributed by atoms with Gasteiger partial charge in [0.25, 0.3) is 5.56 Å². The Hall–Kier alpha value is -4.07. The number of amides is 1. The Balaban J connectivity index is 1.69. The molecule has 168 valence electrons. The molecule has 0 saturated carbocycles. The van der Waals surface area contributed by atoms with Crippen molar-refractivity contribution in [2.45, 2.75) is 19.5 Å². The van der Waals surface area contributed by atoms with Gasteiger partial charge >= 0.3 is 0 Å². The predicted molar refractivity (Wildman–Crippen MR) is 121 cm³/mol. The summed E-state index contributed by atoms with van der Waals surface area (Å²) >= 11 is 0. The number of ether oxygens (including phenoxy) is 1. The van der Waals surface area contributed by atoms with E-state index in [1.807, 2.05) is 18.2 Å². The maximum atomic E-state index is 13.9. The van der Waals surface area contributed by atoms with Crippen LogP contribution < -0.4 is 15.6 Å². The van der Waals surface area contributed by atoms with Crippen LogP contribution in [0.4, 0.5) is 8.78 Å². The highest BCUT2D eigenvalue weighted by molar-refractivity contribution is 5.93. The van der Waals surface area contributed by atoms with Crippen molar-refractivity contribution >= 4 is 16.7 Å². The number of aromatic nitrogens is 2. The first-order chi connectivity index (χ1) is 15.9. The molecule has 1 N–H and O–H groups in total. The number of fused-ring (bicyclic) bond motifs is 1. The molecule has 1 aromatic heterocycles. The van der Waals surface area contributed by atoms with Gasteiger partial charge in [-0.25, -0.2) is 13.5 Å². The van der Waals surface area contributed by atoms with Crippen LogP contribution in [-0.4, -0.2) is 22.8 Å². The number of benzene rings is 3. The summed E-state index contributed by atoms with van der Waals surface area (Å²) in [6.45, 7) is 1.46. The SMILES string of the molecule is COc1ccccc1C(C)NC(=O)Cn1nc(-c2ccc(F)c(F)c2)c2ccccc2c1=O. The third-order valence-electron chi connectivity index (χ3n) is 5.34. The summed E-state index contributed by atoms with van der Waals surface area (Å²) in [6, 6.07) is 17.0. The van der Waals surface area contributed by atoms with E-state index in [-0.39, 0.29) is 18.3 Å². The van der Waals surface area contributed by atoms with Gasteiger partial charge in [-0.3, -0.25) is 9.59 Å². The minimum atomic E-state index is -1.03. The van der Waals surface area contributed by atoms with E-state index in [0.717, 1.165) is 22.4 Å². The number of nitrogens with one attached hydrogen (secondary N) is 1. The van der Waals surface area contributed by atoms with Crippen molar-refractivity contribution in [3.63, 3.8) is 0 Å². The van der Waals surface area contributed by atoms with E-state index in [4.69, 9.17) is 4.74 Å². The maximum absolute atomic E-state index is 13.9. The summed E-state index contributed by atoms with van der Waals surface area (Å²) < 4.78 is 33.7. The number of para-hydroxylation sites is 1. The zero-order chi connectivity index (χ0) is 23.5. The van der Waals surface area contributed by atoms with Crippen molar-refractivity contribution in [1.29, 1.82) is 0 Å². The highest BCUT2D eigenvalue weighted by Gasteiger charge is 2.18. The van der Waals surface area contributed by atoms with Crippen molar-refractivity contribution in [2.24, 2.45) is 0 Å². The van der Waals surface area contributed by atoms with Crippen LogP contribution in [0.15, 0.2) is 71.5 Å². The number of carbonyl (C=O) groups is 1. The second-order valence-corrected chi connectivity index (χ2v) is 7.52. The first-order valence-corrected chi connectivity index (χ1v) is 10.3. The molecule has 6 nitrogen and oxygen atoms in total. The number of nitrogens with zero attached hydrogens (tertiary/aromatic N) is 2. The van der Waals surface area contributed by atoms with Gasteiger partial charge in [0.15, 0.2) is 11.6 Å². The van der Waals surface area contributed by atoms with Gasteiger partial charge in [-0.15, -0.1) is 0 Å². The van der Waals surface area contributed by atoms with Gasteiger partial charge in [0.05, 0.1) is 24.2 Å². The molecule has 4 aromatic rings. The van der Waals surface area contributed by atoms with Crippen LogP contribution in [0.3, 0.4) is 0 Å². The first kappa shape index (κ1) is 22.1. The second-order valence-electron chi connectivity index (χ2n) is 7.52. The number of methoxy groups -OCH3 is 1. The molecule has 0 saturated heterocycles. The molecular formula is C25H21F2N3O3. The largest absolute Gasteiger partial charge is 0.496 e. The van der Waals surface area contributed by atoms with Gasteiger partial charge in [0, 0.05) is 16.5 Å². The van der Waals surface area contributed by atoms with Crippen LogP contribution >= 0.6 is 0 Å². The van der Waals surface area contributed by atoms with Gasteiger partial charge in [-0.1, -0.05) is 36.4 Å². The highest BCUT2D eigenvalue weighted by Crippen LogP contribution is 2.26. The van der Waals surface area contributed by atoms with E-state index in [1.54, 1.807) is 44.4 Å². The molecule has 0 aliphatic carbocycles. The van der Waals surface area contributed by atoms with Gasteiger partial charge < -0.3 is 10.1 Å². The van der Waals surface area contributed by atoms with Crippen molar-refractivity contribution in [3.05, 3.63) is 94.3 Å². The Morgan fingerprint density at radius 3 is 2.45 bits per heavy atom. The van der Waals surface area contributed by atoms with E-state index in [0.29, 0.717) is 22.1 Å². The third kappa shape index (κ3) is 4.45. The van der Waals surface area contributed by atoms with E-state index in [1.165, 1.54) is 6.07 Å². The lowest BCUT2D eigenvalue weighted by Gasteiger charge is -2.18. The molecule has 1 atom stereocenters. The molecule has 0 fully saturated rings. The molecule has 1 amide bonds. The Morgan fingerprint density at radius 2 is 1.73 bits per heavy atom. The summed E-state index contributed by atoms with van der Waals surface area (Å²) in [5.41, 5.74) is 0.892. The summed E-state index contributed by atoms with van der Waals surface area (Å²) in [5.74, 6) is -1.82. The molecular weight excluding hydrogens is 428 g/mol. The smallest absolute Gasteiger partial charge is 0.275 e. The quantitative estimate of drug-likeness (QED) is 0.478. The van der Waals surface area contributed by atoms with Crippen molar-refractivity contribution in [3.8, 4) is 17.0 Å². The van der Waals surface area contributed by atoms with E-state index in [9.17, 15) is 18.4 Å². The average Bonchev–Trinajstić information content (AvgIpc) is 2.82. The molecule has 8 heteroatoms. The van der Waals surface area contributed by atoms with E-state index >= 15 is 0 Å². The van der Waals surface area contributed by atoms with Crippen molar-refractivity contribution in [2.75, 3.05) is 7.11 Å². The molecule has 3 aromatic carbocycles. The number of hydrogen-bond acceptors (Lipinski definition) is 4. The van der Waals surface area contributed by atoms with Gasteiger partial charge in [-0.05, 0) is 37.3 Å². The van der Waals surface area contributed by atoms with Crippen LogP contribution in [-0.2, 0) is 11.3 Å². The monoisotopic (exact) mass is 449 g/mol. The fourth-order valence-corrected chi connectivity index (χ4v) is 3.72. The minimum Gasteiger partial charge on any atom is -0.496 e. The molecule has 4 rings (SSSR count). The Morgan fingerprint density at radius 1 is 1.03 bits per heavy atom. The van der Waals surface area contributed by atoms with E-state index < -0.39 is 23.1 Å². The molecule has 0 bridgehead atoms. The molecule has 0 radical (unpaired) electrons. The summed E-state index contributed by atoms with van der Waals surface area (Å²) in [4.78, 5) is 25.8. The van der Waals surface area contributed by atoms with Gasteiger partial charge in [0.1, 0.15) is 12.3 Å². The fourth-order valence-electron chi connectivity index (χ4n) is 3.72. The van der Waals surface area contributed by atoms with Crippen LogP contribution in [0.25, 0.3) is 22.0 Å². The van der Waals surface area contributed by atoms with Crippen LogP contribution in [0.1, 0.15) is 18.5 Å². The summed E-state index contributed by atoms with van der Waals surface area (Å²) in [7, 11) is 1.55. The number of halogens is 2. The molecule has 0 aliphatic heterocycles. The Kier molecular flexibility index (Phi) is 6.17. The Bertz CT molecular complexity index is 1400. The standard InChI is InChI=1S/C25H21F2N3O3/c1-15(17-7-5-6-10-22(17)33-2)28-23(31)14-30-25(32)19-9-4-3-8-18(19)24(29-30)16-11-12-20(26)21(27)13-16/h3-13,15H,14H2,1-2H3,(H,28,31). The minimum absolute atomic E-state index is 0.273. The van der Waals surface area contributed by atoms with Crippen molar-refractivity contribution < 1.29 is 18.3 Å². The number of rotatable bonds is 6. The number of carbonyl (C=O) groups excluding carboxylic acids is 1. The topological polar surface area (TPSA) is 73.2 Å². The molecule has 0 spiro atoms. The normalized spacial score (nSPS) is 11.9. The maximum Gasteiger partial charge on any atom is 0.275 e. The molecule has 1 unspecified atom stereocenters. The molecule has 33 heavy (non-hydrogen) atoms. The average molecular weight is 449 g/mol. The number of hydrogen-bond donors (Lipinski definition) is 1. The van der Waals surface area contributed by atoms with Crippen molar-refractivity contribution in [1.82, 2.24) is 15.1 Å². The third-order valence-corrected chi connectivity index (χ3v) is 5.34. The molecule has 1 heterocycles. The van der Waals surface area contributed by atoms with Crippen LogP contribution in [0.2, 0.25) is 0 Å². The van der Waals surface area contributed by atoms with E-state index in [2.05, 4.69) is 10.4 Å². The highest BCUT2D eigenvalue weighted by atomic mass is 19.2. The zero-order valence-electron chi connectivity index (χ0n) is 18.0. The molecule has 0 aliphatic rings. The lowest BCUT2D eigenvalue weighted by molar-refractivity contribution is -0.122. The second kappa shape index (κ2) is 9.20. The summed E-state index contributed by atoms with van der Waals surface area (Å²) in [6.07, 6.45) is 0. The lowest BCUT2D eigenvalue weighted by Crippen LogP contribution is -2.35. The predicted octanol–water partition coefficient (Wildman–Crippen LogP) is 4.23. The Labute approximate surface area is 188 Å². The van der Waals surface area contributed by atoms with Gasteiger partial charge in [0.2, 0.25) is 5.91 Å². The first-order valence-electron chi connectivity index (χ1n) is 10.3. The summed E-state index contributed by atoms with van der Waals surface area (Å²) in [5, 5.41) is 7.96.